The molecule has 4 aliphatic rings. The van der Waals surface area contributed by atoms with Crippen LogP contribution in [0.2, 0.25) is 10.0 Å². The van der Waals surface area contributed by atoms with Gasteiger partial charge in [-0.15, -0.1) is 0 Å². The van der Waals surface area contributed by atoms with Crippen LogP contribution in [0.25, 0.3) is 0 Å². The van der Waals surface area contributed by atoms with Gasteiger partial charge in [-0.2, -0.15) is 0 Å². The number of hydrogen-bond donors (Lipinski definition) is 0. The Morgan fingerprint density at radius 2 is 1.55 bits per heavy atom. The second-order valence-corrected chi connectivity index (χ2v) is 7.65. The summed E-state index contributed by atoms with van der Waals surface area (Å²) in [6.07, 6.45) is 6.63. The van der Waals surface area contributed by atoms with Gasteiger partial charge in [0.25, 0.3) is 0 Å². The van der Waals surface area contributed by atoms with Gasteiger partial charge in [-0.05, 0) is 48.3 Å². The van der Waals surface area contributed by atoms with Crippen LogP contribution in [0.15, 0.2) is 30.4 Å². The van der Waals surface area contributed by atoms with E-state index in [0.29, 0.717) is 15.7 Å². The van der Waals surface area contributed by atoms with E-state index in [1.165, 1.54) is 4.90 Å². The maximum Gasteiger partial charge on any atom is 0.238 e. The van der Waals surface area contributed by atoms with Crippen LogP contribution in [0.4, 0.5) is 5.69 Å². The predicted octanol–water partition coefficient (Wildman–Crippen LogP) is 3.70. The van der Waals surface area contributed by atoms with E-state index >= 15 is 0 Å². The van der Waals surface area contributed by atoms with Crippen LogP contribution < -0.4 is 4.90 Å². The molecular formula is C17H13Cl2NO2. The Balaban J connectivity index is 1.57. The van der Waals surface area contributed by atoms with Gasteiger partial charge in [0.1, 0.15) is 0 Å². The van der Waals surface area contributed by atoms with Crippen molar-refractivity contribution in [1.82, 2.24) is 0 Å². The first kappa shape index (κ1) is 13.1. The number of imide groups is 1. The third-order valence-electron chi connectivity index (χ3n) is 6.01. The van der Waals surface area contributed by atoms with Crippen molar-refractivity contribution < 1.29 is 9.59 Å². The van der Waals surface area contributed by atoms with Crippen molar-refractivity contribution in [1.29, 1.82) is 0 Å². The van der Waals surface area contributed by atoms with Crippen LogP contribution >= 0.6 is 23.2 Å². The topological polar surface area (TPSA) is 37.4 Å². The number of nitrogens with zero attached hydrogens (tertiary/aromatic N) is 1. The molecule has 1 aromatic rings. The molecule has 2 saturated carbocycles. The SMILES string of the molecule is O=C1[C@@H]2[C@H](C(=O)N1c1ccc(Cl)c(Cl)c1)[C@H]1C=C[C@H]2C12CC2. The highest BCUT2D eigenvalue weighted by molar-refractivity contribution is 6.42. The van der Waals surface area contributed by atoms with Gasteiger partial charge in [0.15, 0.2) is 0 Å². The number of rotatable bonds is 1. The average Bonchev–Trinajstić information content (AvgIpc) is 3.08. The lowest BCUT2D eigenvalue weighted by Crippen LogP contribution is -2.34. The van der Waals surface area contributed by atoms with E-state index < -0.39 is 0 Å². The minimum absolute atomic E-state index is 0.0727. The molecule has 1 spiro atoms. The molecule has 0 radical (unpaired) electrons. The maximum absolute atomic E-state index is 12.9. The van der Waals surface area contributed by atoms with Gasteiger partial charge in [0.2, 0.25) is 11.8 Å². The first-order valence-electron chi connectivity index (χ1n) is 7.56. The van der Waals surface area contributed by atoms with Crippen molar-refractivity contribution in [3.63, 3.8) is 0 Å². The van der Waals surface area contributed by atoms with Crippen molar-refractivity contribution in [3.05, 3.63) is 40.4 Å². The van der Waals surface area contributed by atoms with Crippen molar-refractivity contribution in [2.45, 2.75) is 12.8 Å². The second kappa shape index (κ2) is 3.95. The largest absolute Gasteiger partial charge is 0.274 e. The van der Waals surface area contributed by atoms with Crippen molar-refractivity contribution >= 4 is 40.7 Å². The van der Waals surface area contributed by atoms with Crippen LogP contribution in [-0.2, 0) is 9.59 Å². The number of halogens is 2. The summed E-state index contributed by atoms with van der Waals surface area (Å²) < 4.78 is 0. The number of benzene rings is 1. The van der Waals surface area contributed by atoms with Gasteiger partial charge in [0, 0.05) is 0 Å². The molecule has 4 atom stereocenters. The Kier molecular flexibility index (Phi) is 2.36. The molecule has 0 unspecified atom stereocenters. The van der Waals surface area contributed by atoms with E-state index in [-0.39, 0.29) is 40.9 Å². The molecule has 1 aromatic carbocycles. The zero-order valence-corrected chi connectivity index (χ0v) is 13.1. The number of hydrogen-bond acceptors (Lipinski definition) is 2. The fourth-order valence-corrected chi connectivity index (χ4v) is 5.25. The highest BCUT2D eigenvalue weighted by atomic mass is 35.5. The number of allylic oxidation sites excluding steroid dienone is 2. The molecule has 2 amide bonds. The van der Waals surface area contributed by atoms with Gasteiger partial charge >= 0.3 is 0 Å². The summed E-state index contributed by atoms with van der Waals surface area (Å²) in [5, 5.41) is 0.778. The molecule has 5 heteroatoms. The third-order valence-corrected chi connectivity index (χ3v) is 6.75. The average molecular weight is 334 g/mol. The monoisotopic (exact) mass is 333 g/mol. The first-order valence-corrected chi connectivity index (χ1v) is 8.31. The summed E-state index contributed by atoms with van der Waals surface area (Å²) in [7, 11) is 0. The Morgan fingerprint density at radius 3 is 2.05 bits per heavy atom. The van der Waals surface area contributed by atoms with E-state index in [0.717, 1.165) is 12.8 Å². The molecule has 1 saturated heterocycles. The summed E-state index contributed by atoms with van der Waals surface area (Å²) in [6, 6.07) is 4.92. The molecule has 5 rings (SSSR count). The summed E-state index contributed by atoms with van der Waals surface area (Å²) >= 11 is 12.0. The van der Waals surface area contributed by atoms with E-state index in [9.17, 15) is 9.59 Å². The van der Waals surface area contributed by atoms with Gasteiger partial charge in [0.05, 0.1) is 27.6 Å². The van der Waals surface area contributed by atoms with E-state index in [1.807, 2.05) is 0 Å². The third kappa shape index (κ3) is 1.35. The second-order valence-electron chi connectivity index (χ2n) is 6.83. The molecule has 22 heavy (non-hydrogen) atoms. The summed E-state index contributed by atoms with van der Waals surface area (Å²) in [5.41, 5.74) is 0.757. The number of amides is 2. The van der Waals surface area contributed by atoms with E-state index in [4.69, 9.17) is 23.2 Å². The molecule has 0 aromatic heterocycles. The molecule has 3 aliphatic carbocycles. The Morgan fingerprint density at radius 1 is 0.955 bits per heavy atom. The molecule has 1 heterocycles. The van der Waals surface area contributed by atoms with Crippen molar-refractivity contribution in [2.24, 2.45) is 29.1 Å². The van der Waals surface area contributed by atoms with Crippen LogP contribution in [0.1, 0.15) is 12.8 Å². The standard InChI is InChI=1S/C17H13Cl2NO2/c18-11-4-1-8(7-12(11)19)20-15(21)13-9-2-3-10(14(13)16(20)22)17(9)5-6-17/h1-4,7,9-10,13-14H,5-6H2/t9-,10-,13-,14+/m1/s1. The summed E-state index contributed by atoms with van der Waals surface area (Å²) in [6.45, 7) is 0. The fraction of sp³-hybridized carbons (Fsp3) is 0.412. The first-order chi connectivity index (χ1) is 10.5. The lowest BCUT2D eigenvalue weighted by molar-refractivity contribution is -0.123. The Labute approximate surface area is 137 Å². The Bertz CT molecular complexity index is 734. The van der Waals surface area contributed by atoms with E-state index in [1.54, 1.807) is 18.2 Å². The quantitative estimate of drug-likeness (QED) is 0.580. The predicted molar refractivity (Wildman–Crippen MR) is 83.7 cm³/mol. The molecule has 112 valence electrons. The summed E-state index contributed by atoms with van der Waals surface area (Å²) in [5.74, 6) is -0.0228. The zero-order valence-electron chi connectivity index (χ0n) is 11.6. The van der Waals surface area contributed by atoms with Crippen LogP contribution in [-0.4, -0.2) is 11.8 Å². The molecule has 3 fully saturated rings. The highest BCUT2D eigenvalue weighted by Gasteiger charge is 2.73. The van der Waals surface area contributed by atoms with Gasteiger partial charge < -0.3 is 0 Å². The van der Waals surface area contributed by atoms with Gasteiger partial charge in [-0.25, -0.2) is 4.90 Å². The molecule has 1 aliphatic heterocycles. The Hall–Kier alpha value is -1.32. The van der Waals surface area contributed by atoms with Crippen molar-refractivity contribution in [3.8, 4) is 0 Å². The van der Waals surface area contributed by atoms with Crippen LogP contribution in [0, 0.1) is 29.1 Å². The number of carbonyl (C=O) groups is 2. The number of carbonyl (C=O) groups excluding carboxylic acids is 2. The van der Waals surface area contributed by atoms with Crippen LogP contribution in [0.3, 0.4) is 0 Å². The molecular weight excluding hydrogens is 321 g/mol. The van der Waals surface area contributed by atoms with Crippen molar-refractivity contribution in [2.75, 3.05) is 4.90 Å². The minimum atomic E-state index is -0.181. The van der Waals surface area contributed by atoms with E-state index in [2.05, 4.69) is 12.2 Å². The normalized spacial score (nSPS) is 36.5. The lowest BCUT2D eigenvalue weighted by atomic mass is 9.85. The summed E-state index contributed by atoms with van der Waals surface area (Å²) in [4.78, 5) is 27.1. The van der Waals surface area contributed by atoms with Crippen LogP contribution in [0.5, 0.6) is 0 Å². The molecule has 2 bridgehead atoms. The number of anilines is 1. The maximum atomic E-state index is 12.9. The number of fused-ring (bicyclic) bond motifs is 3. The lowest BCUT2D eigenvalue weighted by Gasteiger charge is -2.22. The smallest absolute Gasteiger partial charge is 0.238 e. The molecule has 0 N–H and O–H groups in total. The van der Waals surface area contributed by atoms with Gasteiger partial charge in [-0.1, -0.05) is 35.4 Å². The zero-order chi connectivity index (χ0) is 15.2. The fourth-order valence-electron chi connectivity index (χ4n) is 4.96. The minimum Gasteiger partial charge on any atom is -0.274 e. The highest BCUT2D eigenvalue weighted by Crippen LogP contribution is 2.73. The molecule has 3 nitrogen and oxygen atoms in total. The van der Waals surface area contributed by atoms with Gasteiger partial charge in [-0.3, -0.25) is 9.59 Å².